The summed E-state index contributed by atoms with van der Waals surface area (Å²) in [6, 6.07) is 12.4. The highest BCUT2D eigenvalue weighted by Crippen LogP contribution is 2.25. The zero-order valence-electron chi connectivity index (χ0n) is 19.1. The first-order chi connectivity index (χ1) is 17.3. The molecule has 1 fully saturated rings. The van der Waals surface area contributed by atoms with Gasteiger partial charge < -0.3 is 15.0 Å². The summed E-state index contributed by atoms with van der Waals surface area (Å²) in [5.41, 5.74) is 1.80. The number of halogens is 4. The normalized spacial score (nSPS) is 14.7. The van der Waals surface area contributed by atoms with E-state index in [1.165, 1.54) is 24.4 Å². The Bertz CT molecular complexity index is 1210. The van der Waals surface area contributed by atoms with Crippen molar-refractivity contribution >= 4 is 35.1 Å². The van der Waals surface area contributed by atoms with Gasteiger partial charge >= 0.3 is 6.36 Å². The highest BCUT2D eigenvalue weighted by Gasteiger charge is 2.30. The van der Waals surface area contributed by atoms with Crippen molar-refractivity contribution in [2.45, 2.75) is 6.36 Å². The lowest BCUT2D eigenvalue weighted by molar-refractivity contribution is -0.274. The minimum atomic E-state index is -4.70. The van der Waals surface area contributed by atoms with E-state index in [1.54, 1.807) is 30.5 Å². The average molecular weight is 518 g/mol. The second-order valence-corrected chi connectivity index (χ2v) is 8.39. The van der Waals surface area contributed by atoms with E-state index in [2.05, 4.69) is 29.8 Å². The molecule has 188 valence electrons. The van der Waals surface area contributed by atoms with Crippen molar-refractivity contribution in [2.75, 3.05) is 42.9 Å². The van der Waals surface area contributed by atoms with Gasteiger partial charge in [0, 0.05) is 50.7 Å². The minimum Gasteiger partial charge on any atom is -0.406 e. The molecule has 2 aromatic heterocycles. The molecule has 1 aromatic carbocycles. The fraction of sp³-hybridized carbons (Fsp3) is 0.240. The van der Waals surface area contributed by atoms with Gasteiger partial charge in [0.2, 0.25) is 0 Å². The molecule has 0 spiro atoms. The first-order valence-corrected chi connectivity index (χ1v) is 11.5. The number of hydrogen-bond acceptors (Lipinski definition) is 6. The predicted molar refractivity (Wildman–Crippen MR) is 132 cm³/mol. The van der Waals surface area contributed by atoms with Crippen LogP contribution in [0.5, 0.6) is 5.75 Å². The van der Waals surface area contributed by atoms with E-state index in [0.29, 0.717) is 23.6 Å². The van der Waals surface area contributed by atoms with Crippen molar-refractivity contribution < 1.29 is 22.7 Å². The van der Waals surface area contributed by atoms with Gasteiger partial charge in [-0.05, 0) is 42.0 Å². The van der Waals surface area contributed by atoms with Crippen LogP contribution in [0.4, 0.5) is 24.7 Å². The maximum atomic E-state index is 12.7. The van der Waals surface area contributed by atoms with Gasteiger partial charge in [0.25, 0.3) is 5.91 Å². The number of alkyl halides is 3. The first kappa shape index (κ1) is 25.5. The lowest BCUT2D eigenvalue weighted by Gasteiger charge is -2.35. The number of piperazine rings is 1. The van der Waals surface area contributed by atoms with Gasteiger partial charge in [-0.2, -0.15) is 0 Å². The number of amides is 1. The summed E-state index contributed by atoms with van der Waals surface area (Å²) in [6.45, 7) is 3.71. The van der Waals surface area contributed by atoms with E-state index in [1.807, 2.05) is 18.2 Å². The fourth-order valence-electron chi connectivity index (χ4n) is 3.75. The summed E-state index contributed by atoms with van der Waals surface area (Å²) in [4.78, 5) is 25.4. The third-order valence-corrected chi connectivity index (χ3v) is 5.69. The standard InChI is InChI=1S/C25H23ClF3N5O2/c26-22-17-19(9-11-30-22)24(35)32-21-4-1-10-31-23(21)34-15-13-33(14-16-34)12-2-3-18-5-7-20(8-6-18)36-25(27,28)29/h1-11,17H,12-16H2,(H,32,35). The molecule has 0 unspecified atom stereocenters. The molecule has 1 aliphatic heterocycles. The molecule has 4 rings (SSSR count). The van der Waals surface area contributed by atoms with Crippen LogP contribution in [0.2, 0.25) is 5.15 Å². The molecule has 0 atom stereocenters. The van der Waals surface area contributed by atoms with Gasteiger partial charge in [0.15, 0.2) is 5.82 Å². The van der Waals surface area contributed by atoms with Crippen LogP contribution >= 0.6 is 11.6 Å². The number of rotatable bonds is 7. The van der Waals surface area contributed by atoms with Crippen molar-refractivity contribution in [3.63, 3.8) is 0 Å². The van der Waals surface area contributed by atoms with Crippen molar-refractivity contribution in [1.82, 2.24) is 14.9 Å². The molecule has 0 aliphatic carbocycles. The highest BCUT2D eigenvalue weighted by molar-refractivity contribution is 6.29. The number of carbonyl (C=O) groups is 1. The van der Waals surface area contributed by atoms with Crippen LogP contribution in [0.15, 0.2) is 67.0 Å². The Morgan fingerprint density at radius 1 is 1.06 bits per heavy atom. The van der Waals surface area contributed by atoms with Gasteiger partial charge in [-0.15, -0.1) is 13.2 Å². The number of nitrogens with zero attached hydrogens (tertiary/aromatic N) is 4. The summed E-state index contributed by atoms with van der Waals surface area (Å²) in [7, 11) is 0. The number of pyridine rings is 2. The van der Waals surface area contributed by atoms with Gasteiger partial charge in [-0.25, -0.2) is 9.97 Å². The summed E-state index contributed by atoms with van der Waals surface area (Å²) < 4.78 is 40.7. The molecule has 1 saturated heterocycles. The van der Waals surface area contributed by atoms with Crippen molar-refractivity contribution in [3.8, 4) is 5.75 Å². The van der Waals surface area contributed by atoms with Crippen LogP contribution in [0, 0.1) is 0 Å². The van der Waals surface area contributed by atoms with Crippen LogP contribution in [0.25, 0.3) is 6.08 Å². The lowest BCUT2D eigenvalue weighted by atomic mass is 10.2. The van der Waals surface area contributed by atoms with Crippen molar-refractivity contribution in [1.29, 1.82) is 0 Å². The Hall–Kier alpha value is -3.63. The number of carbonyl (C=O) groups excluding carboxylic acids is 1. The summed E-state index contributed by atoms with van der Waals surface area (Å²) in [6.07, 6.45) is 2.30. The van der Waals surface area contributed by atoms with Gasteiger partial charge in [0.05, 0.1) is 5.69 Å². The number of ether oxygens (including phenoxy) is 1. The average Bonchev–Trinajstić information content (AvgIpc) is 2.85. The highest BCUT2D eigenvalue weighted by atomic mass is 35.5. The second kappa shape index (κ2) is 11.4. The Kier molecular flexibility index (Phi) is 8.07. The maximum Gasteiger partial charge on any atom is 0.573 e. The number of benzene rings is 1. The number of nitrogens with one attached hydrogen (secondary N) is 1. The number of anilines is 2. The smallest absolute Gasteiger partial charge is 0.406 e. The lowest BCUT2D eigenvalue weighted by Crippen LogP contribution is -2.46. The topological polar surface area (TPSA) is 70.6 Å². The molecule has 0 radical (unpaired) electrons. The zero-order valence-corrected chi connectivity index (χ0v) is 19.8. The Labute approximate surface area is 211 Å². The maximum absolute atomic E-state index is 12.7. The molecular weight excluding hydrogens is 495 g/mol. The van der Waals surface area contributed by atoms with Crippen LogP contribution in [0.3, 0.4) is 0 Å². The molecule has 3 heterocycles. The molecule has 7 nitrogen and oxygen atoms in total. The molecule has 11 heteroatoms. The van der Waals surface area contributed by atoms with Gasteiger partial charge in [-0.1, -0.05) is 35.9 Å². The summed E-state index contributed by atoms with van der Waals surface area (Å²) in [5, 5.41) is 3.15. The fourth-order valence-corrected chi connectivity index (χ4v) is 3.92. The van der Waals surface area contributed by atoms with Gasteiger partial charge in [0.1, 0.15) is 10.9 Å². The Morgan fingerprint density at radius 2 is 1.81 bits per heavy atom. The monoisotopic (exact) mass is 517 g/mol. The first-order valence-electron chi connectivity index (χ1n) is 11.1. The molecule has 1 aliphatic rings. The summed E-state index contributed by atoms with van der Waals surface area (Å²) in [5.74, 6) is 0.156. The van der Waals surface area contributed by atoms with E-state index in [-0.39, 0.29) is 16.8 Å². The van der Waals surface area contributed by atoms with E-state index >= 15 is 0 Å². The van der Waals surface area contributed by atoms with Crippen LogP contribution in [0.1, 0.15) is 15.9 Å². The minimum absolute atomic E-state index is 0.242. The molecule has 1 amide bonds. The largest absolute Gasteiger partial charge is 0.573 e. The zero-order chi connectivity index (χ0) is 25.5. The molecule has 3 aromatic rings. The SMILES string of the molecule is O=C(Nc1cccnc1N1CCN(CC=Cc2ccc(OC(F)(F)F)cc2)CC1)c1ccnc(Cl)c1. The molecule has 36 heavy (non-hydrogen) atoms. The third-order valence-electron chi connectivity index (χ3n) is 5.48. The van der Waals surface area contributed by atoms with E-state index in [4.69, 9.17) is 11.6 Å². The van der Waals surface area contributed by atoms with E-state index in [0.717, 1.165) is 31.7 Å². The molecular formula is C25H23ClF3N5O2. The van der Waals surface area contributed by atoms with E-state index < -0.39 is 6.36 Å². The van der Waals surface area contributed by atoms with E-state index in [9.17, 15) is 18.0 Å². The molecule has 1 N–H and O–H groups in total. The van der Waals surface area contributed by atoms with Gasteiger partial charge in [-0.3, -0.25) is 9.69 Å². The van der Waals surface area contributed by atoms with Crippen molar-refractivity contribution in [2.24, 2.45) is 0 Å². The number of aromatic nitrogens is 2. The van der Waals surface area contributed by atoms with Crippen molar-refractivity contribution in [3.05, 3.63) is 83.3 Å². The Balaban J connectivity index is 1.30. The molecule has 0 saturated carbocycles. The second-order valence-electron chi connectivity index (χ2n) is 8.00. The third kappa shape index (κ3) is 7.19. The van der Waals surface area contributed by atoms with Crippen LogP contribution in [-0.2, 0) is 0 Å². The van der Waals surface area contributed by atoms with Crippen LogP contribution in [-0.4, -0.2) is 59.9 Å². The predicted octanol–water partition coefficient (Wildman–Crippen LogP) is 5.12. The van der Waals surface area contributed by atoms with Crippen LogP contribution < -0.4 is 15.0 Å². The quantitative estimate of drug-likeness (QED) is 0.439. The number of hydrogen-bond donors (Lipinski definition) is 1. The molecule has 0 bridgehead atoms. The summed E-state index contributed by atoms with van der Waals surface area (Å²) >= 11 is 5.89. The Morgan fingerprint density at radius 3 is 2.50 bits per heavy atom.